The number of hydrogen-bond acceptors (Lipinski definition) is 4. The highest BCUT2D eigenvalue weighted by Crippen LogP contribution is 2.43. The quantitative estimate of drug-likeness (QED) is 0.903. The van der Waals surface area contributed by atoms with Gasteiger partial charge in [0.25, 0.3) is 0 Å². The first kappa shape index (κ1) is 13.4. The number of ether oxygens (including phenoxy) is 1. The Kier molecular flexibility index (Phi) is 3.83. The molecule has 3 nitrogen and oxygen atoms in total. The van der Waals surface area contributed by atoms with E-state index in [2.05, 4.69) is 18.0 Å². The molecule has 19 heavy (non-hydrogen) atoms. The molecule has 0 radical (unpaired) electrons. The van der Waals surface area contributed by atoms with Crippen molar-refractivity contribution in [3.8, 4) is 0 Å². The fourth-order valence-electron chi connectivity index (χ4n) is 3.34. The predicted molar refractivity (Wildman–Crippen MR) is 79.3 cm³/mol. The van der Waals surface area contributed by atoms with Crippen molar-refractivity contribution in [2.75, 3.05) is 18.1 Å². The summed E-state index contributed by atoms with van der Waals surface area (Å²) in [6.45, 7) is 2.91. The second-order valence-corrected chi connectivity index (χ2v) is 6.90. The van der Waals surface area contributed by atoms with E-state index >= 15 is 0 Å². The van der Waals surface area contributed by atoms with E-state index in [0.29, 0.717) is 5.92 Å². The van der Waals surface area contributed by atoms with Crippen LogP contribution in [0.15, 0.2) is 18.3 Å². The molecule has 2 N–H and O–H groups in total. The first-order valence-electron chi connectivity index (χ1n) is 7.09. The van der Waals surface area contributed by atoms with E-state index in [4.69, 9.17) is 10.5 Å². The van der Waals surface area contributed by atoms with Crippen LogP contribution in [0.25, 0.3) is 0 Å². The van der Waals surface area contributed by atoms with E-state index in [1.54, 1.807) is 0 Å². The topological polar surface area (TPSA) is 48.1 Å². The van der Waals surface area contributed by atoms with Crippen molar-refractivity contribution in [3.05, 3.63) is 29.6 Å². The van der Waals surface area contributed by atoms with Crippen molar-refractivity contribution in [3.63, 3.8) is 0 Å². The Hall–Kier alpha value is -0.580. The van der Waals surface area contributed by atoms with Gasteiger partial charge in [-0.3, -0.25) is 4.98 Å². The molecule has 2 aliphatic heterocycles. The average molecular weight is 278 g/mol. The number of aromatic nitrogens is 1. The van der Waals surface area contributed by atoms with Crippen LogP contribution in [-0.4, -0.2) is 28.7 Å². The second-order valence-electron chi connectivity index (χ2n) is 5.79. The summed E-state index contributed by atoms with van der Waals surface area (Å²) in [6, 6.07) is 4.21. The SMILES string of the molecule is Cc1ncccc1C(N)C1CCOC2(CCSC2)C1. The second kappa shape index (κ2) is 5.43. The first-order valence-corrected chi connectivity index (χ1v) is 8.24. The van der Waals surface area contributed by atoms with Gasteiger partial charge in [-0.15, -0.1) is 0 Å². The van der Waals surface area contributed by atoms with E-state index in [-0.39, 0.29) is 11.6 Å². The molecule has 2 fully saturated rings. The highest BCUT2D eigenvalue weighted by molar-refractivity contribution is 7.99. The van der Waals surface area contributed by atoms with Gasteiger partial charge in [-0.25, -0.2) is 0 Å². The number of thioether (sulfide) groups is 1. The number of aryl methyl sites for hydroxylation is 1. The summed E-state index contributed by atoms with van der Waals surface area (Å²) in [7, 11) is 0. The number of nitrogens with two attached hydrogens (primary N) is 1. The lowest BCUT2D eigenvalue weighted by atomic mass is 9.79. The van der Waals surface area contributed by atoms with Crippen molar-refractivity contribution < 1.29 is 4.74 Å². The summed E-state index contributed by atoms with van der Waals surface area (Å²) in [5.74, 6) is 2.89. The van der Waals surface area contributed by atoms with Crippen LogP contribution in [0.2, 0.25) is 0 Å². The molecule has 104 valence electrons. The van der Waals surface area contributed by atoms with Crippen molar-refractivity contribution in [1.29, 1.82) is 0 Å². The molecule has 4 heteroatoms. The molecule has 0 bridgehead atoms. The Labute approximate surface area is 119 Å². The maximum atomic E-state index is 6.52. The molecule has 0 amide bonds. The summed E-state index contributed by atoms with van der Waals surface area (Å²) in [5, 5.41) is 0. The lowest BCUT2D eigenvalue weighted by Gasteiger charge is -2.40. The molecule has 1 aromatic rings. The van der Waals surface area contributed by atoms with Crippen LogP contribution in [0.5, 0.6) is 0 Å². The normalized spacial score (nSPS) is 32.6. The molecule has 0 aliphatic carbocycles. The first-order chi connectivity index (χ1) is 9.20. The van der Waals surface area contributed by atoms with Crippen LogP contribution in [0.1, 0.15) is 36.6 Å². The standard InChI is InChI=1S/C15H22N2OS/c1-11-13(3-2-6-17-11)14(16)12-4-7-18-15(9-12)5-8-19-10-15/h2-3,6,12,14H,4-5,7-10,16H2,1H3. The maximum Gasteiger partial charge on any atom is 0.0783 e. The lowest BCUT2D eigenvalue weighted by Crippen LogP contribution is -2.42. The monoisotopic (exact) mass is 278 g/mol. The van der Waals surface area contributed by atoms with Gasteiger partial charge in [-0.2, -0.15) is 11.8 Å². The van der Waals surface area contributed by atoms with Crippen molar-refractivity contribution in [2.24, 2.45) is 11.7 Å². The highest BCUT2D eigenvalue weighted by Gasteiger charge is 2.42. The lowest BCUT2D eigenvalue weighted by molar-refractivity contribution is -0.0834. The van der Waals surface area contributed by atoms with Crippen LogP contribution in [0, 0.1) is 12.8 Å². The molecule has 3 rings (SSSR count). The van der Waals surface area contributed by atoms with Crippen LogP contribution in [0.4, 0.5) is 0 Å². The largest absolute Gasteiger partial charge is 0.374 e. The Balaban J connectivity index is 1.76. The molecule has 1 spiro atoms. The molecular weight excluding hydrogens is 256 g/mol. The van der Waals surface area contributed by atoms with Crippen LogP contribution in [-0.2, 0) is 4.74 Å². The minimum absolute atomic E-state index is 0.0973. The van der Waals surface area contributed by atoms with Crippen molar-refractivity contribution in [1.82, 2.24) is 4.98 Å². The zero-order valence-corrected chi connectivity index (χ0v) is 12.3. The van der Waals surface area contributed by atoms with Gasteiger partial charge < -0.3 is 10.5 Å². The fraction of sp³-hybridized carbons (Fsp3) is 0.667. The van der Waals surface area contributed by atoms with Crippen molar-refractivity contribution in [2.45, 2.75) is 37.8 Å². The van der Waals surface area contributed by atoms with E-state index in [1.807, 2.05) is 24.0 Å². The van der Waals surface area contributed by atoms with Gasteiger partial charge in [0, 0.05) is 30.3 Å². The third-order valence-electron chi connectivity index (χ3n) is 4.51. The molecule has 2 aliphatic rings. The van der Waals surface area contributed by atoms with Gasteiger partial charge in [0.2, 0.25) is 0 Å². The van der Waals surface area contributed by atoms with Gasteiger partial charge in [-0.05, 0) is 49.5 Å². The van der Waals surface area contributed by atoms with Crippen LogP contribution >= 0.6 is 11.8 Å². The number of pyridine rings is 1. The minimum Gasteiger partial charge on any atom is -0.374 e. The summed E-state index contributed by atoms with van der Waals surface area (Å²) in [5.41, 5.74) is 8.90. The maximum absolute atomic E-state index is 6.52. The van der Waals surface area contributed by atoms with E-state index < -0.39 is 0 Å². The molecule has 1 aromatic heterocycles. The summed E-state index contributed by atoms with van der Waals surface area (Å²) < 4.78 is 6.08. The predicted octanol–water partition coefficient (Wildman–Crippen LogP) is 2.69. The molecule has 0 saturated carbocycles. The molecule has 3 unspecified atom stereocenters. The average Bonchev–Trinajstić information content (AvgIpc) is 2.86. The van der Waals surface area contributed by atoms with E-state index in [1.165, 1.54) is 17.7 Å². The Bertz CT molecular complexity index is 446. The van der Waals surface area contributed by atoms with Gasteiger partial charge in [0.15, 0.2) is 0 Å². The smallest absolute Gasteiger partial charge is 0.0783 e. The minimum atomic E-state index is 0.0973. The zero-order valence-electron chi connectivity index (χ0n) is 11.5. The highest BCUT2D eigenvalue weighted by atomic mass is 32.2. The third kappa shape index (κ3) is 2.67. The molecule has 3 atom stereocenters. The number of hydrogen-bond donors (Lipinski definition) is 1. The van der Waals surface area contributed by atoms with Gasteiger partial charge in [0.05, 0.1) is 5.60 Å². The molecular formula is C15H22N2OS. The Morgan fingerprint density at radius 1 is 1.58 bits per heavy atom. The van der Waals surface area contributed by atoms with Crippen LogP contribution < -0.4 is 5.73 Å². The van der Waals surface area contributed by atoms with E-state index in [9.17, 15) is 0 Å². The van der Waals surface area contributed by atoms with Gasteiger partial charge >= 0.3 is 0 Å². The third-order valence-corrected chi connectivity index (χ3v) is 5.74. The Morgan fingerprint density at radius 2 is 2.47 bits per heavy atom. The Morgan fingerprint density at radius 3 is 3.21 bits per heavy atom. The molecule has 2 saturated heterocycles. The number of nitrogens with zero attached hydrogens (tertiary/aromatic N) is 1. The summed E-state index contributed by atoms with van der Waals surface area (Å²) in [4.78, 5) is 4.37. The van der Waals surface area contributed by atoms with Gasteiger partial charge in [-0.1, -0.05) is 6.07 Å². The van der Waals surface area contributed by atoms with Crippen molar-refractivity contribution >= 4 is 11.8 Å². The molecule has 0 aromatic carbocycles. The number of rotatable bonds is 2. The van der Waals surface area contributed by atoms with E-state index in [0.717, 1.165) is 30.9 Å². The molecule has 3 heterocycles. The van der Waals surface area contributed by atoms with Gasteiger partial charge in [0.1, 0.15) is 0 Å². The fourth-order valence-corrected chi connectivity index (χ4v) is 4.72. The van der Waals surface area contributed by atoms with Crippen LogP contribution in [0.3, 0.4) is 0 Å². The zero-order chi connectivity index (χ0) is 13.3. The summed E-state index contributed by atoms with van der Waals surface area (Å²) >= 11 is 2.01. The summed E-state index contributed by atoms with van der Waals surface area (Å²) in [6.07, 6.45) is 5.20.